The minimum Gasteiger partial charge on any atom is -0.296 e. The van der Waals surface area contributed by atoms with E-state index < -0.39 is 21.8 Å². The van der Waals surface area contributed by atoms with Gasteiger partial charge in [-0.2, -0.15) is 9.40 Å². The molecule has 3 aromatic rings. The Hall–Kier alpha value is -3.54. The Labute approximate surface area is 204 Å². The van der Waals surface area contributed by atoms with Gasteiger partial charge in [0.25, 0.3) is 11.8 Å². The van der Waals surface area contributed by atoms with Crippen molar-refractivity contribution >= 4 is 21.8 Å². The van der Waals surface area contributed by atoms with Crippen LogP contribution < -0.4 is 10.9 Å². The van der Waals surface area contributed by atoms with E-state index in [0.717, 1.165) is 6.54 Å². The SMILES string of the molecule is Cc1cc(C(=O)NNC(=O)c2ccc(S(=O)(=O)N3CCN(Cc4ccccc4)CC3)cc2)n(C)n1. The van der Waals surface area contributed by atoms with Crippen molar-refractivity contribution in [2.24, 2.45) is 7.05 Å². The molecule has 0 bridgehead atoms. The molecule has 10 nitrogen and oxygen atoms in total. The molecule has 4 rings (SSSR count). The Morgan fingerprint density at radius 2 is 1.54 bits per heavy atom. The number of hydrazine groups is 1. The number of sulfonamides is 1. The van der Waals surface area contributed by atoms with Gasteiger partial charge in [0, 0.05) is 45.3 Å². The molecule has 0 radical (unpaired) electrons. The number of amides is 2. The molecule has 11 heteroatoms. The van der Waals surface area contributed by atoms with Gasteiger partial charge in [-0.3, -0.25) is 30.0 Å². The van der Waals surface area contributed by atoms with E-state index in [2.05, 4.69) is 33.0 Å². The van der Waals surface area contributed by atoms with Crippen molar-refractivity contribution in [3.63, 3.8) is 0 Å². The predicted octanol–water partition coefficient (Wildman–Crippen LogP) is 1.31. The lowest BCUT2D eigenvalue weighted by atomic mass is 10.2. The Bertz CT molecular complexity index is 1300. The van der Waals surface area contributed by atoms with Crippen LogP contribution in [-0.2, 0) is 23.6 Å². The van der Waals surface area contributed by atoms with Gasteiger partial charge in [0.05, 0.1) is 10.6 Å². The topological polar surface area (TPSA) is 117 Å². The van der Waals surface area contributed by atoms with Crippen LogP contribution in [0.5, 0.6) is 0 Å². The fourth-order valence-corrected chi connectivity index (χ4v) is 5.39. The Morgan fingerprint density at radius 3 is 2.14 bits per heavy atom. The van der Waals surface area contributed by atoms with Crippen LogP contribution in [0, 0.1) is 6.92 Å². The molecule has 0 saturated carbocycles. The lowest BCUT2D eigenvalue weighted by Gasteiger charge is -2.34. The van der Waals surface area contributed by atoms with Gasteiger partial charge in [-0.25, -0.2) is 8.42 Å². The average Bonchev–Trinajstić information content (AvgIpc) is 3.21. The van der Waals surface area contributed by atoms with Gasteiger partial charge in [0.15, 0.2) is 0 Å². The first-order chi connectivity index (χ1) is 16.7. The number of carbonyl (C=O) groups excluding carboxylic acids is 2. The molecule has 2 aromatic carbocycles. The summed E-state index contributed by atoms with van der Waals surface area (Å²) in [6.07, 6.45) is 0. The predicted molar refractivity (Wildman–Crippen MR) is 130 cm³/mol. The second kappa shape index (κ2) is 10.4. The van der Waals surface area contributed by atoms with E-state index in [-0.39, 0.29) is 10.5 Å². The first kappa shape index (κ1) is 24.6. The molecule has 0 unspecified atom stereocenters. The van der Waals surface area contributed by atoms with Crippen LogP contribution in [-0.4, -0.2) is 65.4 Å². The lowest BCUT2D eigenvalue weighted by Crippen LogP contribution is -2.48. The molecule has 1 saturated heterocycles. The number of aromatic nitrogens is 2. The van der Waals surface area contributed by atoms with Gasteiger partial charge in [-0.1, -0.05) is 30.3 Å². The Balaban J connectivity index is 1.32. The van der Waals surface area contributed by atoms with E-state index in [4.69, 9.17) is 0 Å². The Kier molecular flexibility index (Phi) is 7.29. The van der Waals surface area contributed by atoms with Gasteiger partial charge in [-0.05, 0) is 42.8 Å². The molecule has 2 amide bonds. The number of nitrogens with one attached hydrogen (secondary N) is 2. The van der Waals surface area contributed by atoms with Crippen molar-refractivity contribution in [1.29, 1.82) is 0 Å². The number of benzene rings is 2. The van der Waals surface area contributed by atoms with E-state index in [0.29, 0.717) is 37.6 Å². The third kappa shape index (κ3) is 5.76. The summed E-state index contributed by atoms with van der Waals surface area (Å²) in [6.45, 7) is 4.63. The zero-order valence-electron chi connectivity index (χ0n) is 19.6. The average molecular weight is 497 g/mol. The molecule has 0 spiro atoms. The van der Waals surface area contributed by atoms with Crippen LogP contribution >= 0.6 is 0 Å². The first-order valence-electron chi connectivity index (χ1n) is 11.2. The molecular weight excluding hydrogens is 468 g/mol. The zero-order chi connectivity index (χ0) is 25.0. The minimum absolute atomic E-state index is 0.125. The molecule has 1 aromatic heterocycles. The normalized spacial score (nSPS) is 15.0. The van der Waals surface area contributed by atoms with E-state index >= 15 is 0 Å². The van der Waals surface area contributed by atoms with Crippen molar-refractivity contribution in [2.45, 2.75) is 18.4 Å². The number of nitrogens with zero attached hydrogens (tertiary/aromatic N) is 4. The summed E-state index contributed by atoms with van der Waals surface area (Å²) >= 11 is 0. The third-order valence-corrected chi connectivity index (χ3v) is 7.77. The number of aryl methyl sites for hydroxylation is 2. The second-order valence-electron chi connectivity index (χ2n) is 8.39. The van der Waals surface area contributed by atoms with Crippen molar-refractivity contribution < 1.29 is 18.0 Å². The number of rotatable bonds is 6. The van der Waals surface area contributed by atoms with Crippen molar-refractivity contribution in [3.05, 3.63) is 83.2 Å². The summed E-state index contributed by atoms with van der Waals surface area (Å²) in [5.41, 5.74) is 7.07. The summed E-state index contributed by atoms with van der Waals surface area (Å²) in [7, 11) is -2.04. The molecule has 2 heterocycles. The van der Waals surface area contributed by atoms with Crippen LogP contribution in [0.3, 0.4) is 0 Å². The maximum absolute atomic E-state index is 13.1. The molecule has 1 aliphatic heterocycles. The van der Waals surface area contributed by atoms with Crippen molar-refractivity contribution in [1.82, 2.24) is 29.8 Å². The number of hydrogen-bond acceptors (Lipinski definition) is 6. The maximum atomic E-state index is 13.1. The Morgan fingerprint density at radius 1 is 0.914 bits per heavy atom. The zero-order valence-corrected chi connectivity index (χ0v) is 20.5. The molecule has 35 heavy (non-hydrogen) atoms. The van der Waals surface area contributed by atoms with E-state index in [1.54, 1.807) is 20.0 Å². The molecular formula is C24H28N6O4S. The highest BCUT2D eigenvalue weighted by molar-refractivity contribution is 7.89. The second-order valence-corrected chi connectivity index (χ2v) is 10.3. The molecule has 1 aliphatic rings. The van der Waals surface area contributed by atoms with E-state index in [9.17, 15) is 18.0 Å². The van der Waals surface area contributed by atoms with Crippen LogP contribution in [0.2, 0.25) is 0 Å². The largest absolute Gasteiger partial charge is 0.296 e. The van der Waals surface area contributed by atoms with Gasteiger partial charge >= 0.3 is 0 Å². The molecule has 184 valence electrons. The van der Waals surface area contributed by atoms with Gasteiger partial charge in [0.2, 0.25) is 10.0 Å². The third-order valence-electron chi connectivity index (χ3n) is 5.86. The highest BCUT2D eigenvalue weighted by Gasteiger charge is 2.28. The molecule has 0 aliphatic carbocycles. The number of piperazine rings is 1. The van der Waals surface area contributed by atoms with E-state index in [1.165, 1.54) is 38.8 Å². The van der Waals surface area contributed by atoms with Crippen molar-refractivity contribution in [2.75, 3.05) is 26.2 Å². The lowest BCUT2D eigenvalue weighted by molar-refractivity contribution is 0.0841. The summed E-state index contributed by atoms with van der Waals surface area (Å²) < 4.78 is 29.0. The van der Waals surface area contributed by atoms with Crippen LogP contribution in [0.1, 0.15) is 32.1 Å². The molecule has 1 fully saturated rings. The number of hydrogen-bond donors (Lipinski definition) is 2. The molecule has 0 atom stereocenters. The summed E-state index contributed by atoms with van der Waals surface area (Å²) in [4.78, 5) is 27.0. The maximum Gasteiger partial charge on any atom is 0.287 e. The smallest absolute Gasteiger partial charge is 0.287 e. The summed E-state index contributed by atoms with van der Waals surface area (Å²) in [5.74, 6) is -1.07. The summed E-state index contributed by atoms with van der Waals surface area (Å²) in [5, 5.41) is 4.09. The van der Waals surface area contributed by atoms with E-state index in [1.807, 2.05) is 18.2 Å². The van der Waals surface area contributed by atoms with Crippen LogP contribution in [0.4, 0.5) is 0 Å². The van der Waals surface area contributed by atoms with Gasteiger partial charge in [0.1, 0.15) is 5.69 Å². The van der Waals surface area contributed by atoms with Crippen LogP contribution in [0.15, 0.2) is 65.6 Å². The quantitative estimate of drug-likeness (QED) is 0.497. The van der Waals surface area contributed by atoms with Crippen LogP contribution in [0.25, 0.3) is 0 Å². The minimum atomic E-state index is -3.67. The summed E-state index contributed by atoms with van der Waals surface area (Å²) in [6, 6.07) is 17.4. The fraction of sp³-hybridized carbons (Fsp3) is 0.292. The standard InChI is InChI=1S/C24H28N6O4S/c1-18-16-22(28(2)27-18)24(32)26-25-23(31)20-8-10-21(11-9-20)35(33,34)30-14-12-29(13-15-30)17-19-6-4-3-5-7-19/h3-11,16H,12-15,17H2,1-2H3,(H,25,31)(H,26,32). The first-order valence-corrected chi connectivity index (χ1v) is 12.7. The highest BCUT2D eigenvalue weighted by atomic mass is 32.2. The molecule has 2 N–H and O–H groups in total. The fourth-order valence-electron chi connectivity index (χ4n) is 3.97. The van der Waals surface area contributed by atoms with Gasteiger partial charge in [-0.15, -0.1) is 0 Å². The number of carbonyl (C=O) groups is 2. The highest BCUT2D eigenvalue weighted by Crippen LogP contribution is 2.19. The monoisotopic (exact) mass is 496 g/mol. The van der Waals surface area contributed by atoms with Crippen molar-refractivity contribution in [3.8, 4) is 0 Å². The van der Waals surface area contributed by atoms with Gasteiger partial charge < -0.3 is 0 Å².